The molecule has 0 bridgehead atoms. The molecule has 0 heterocycles. The summed E-state index contributed by atoms with van der Waals surface area (Å²) in [6.45, 7) is 3.41. The monoisotopic (exact) mass is 308 g/mol. The van der Waals surface area contributed by atoms with E-state index in [0.717, 1.165) is 17.5 Å². The molecule has 0 aliphatic carbocycles. The molecule has 0 radical (unpaired) electrons. The third-order valence-corrected chi connectivity index (χ3v) is 3.41. The maximum atomic E-state index is 12.3. The lowest BCUT2D eigenvalue weighted by atomic mass is 10.1. The van der Waals surface area contributed by atoms with Crippen LogP contribution in [0.2, 0.25) is 0 Å². The summed E-state index contributed by atoms with van der Waals surface area (Å²) in [5.74, 6) is 0. The zero-order valence-corrected chi connectivity index (χ0v) is 13.2. The normalized spacial score (nSPS) is 9.91. The van der Waals surface area contributed by atoms with Crippen molar-refractivity contribution in [3.05, 3.63) is 71.3 Å². The van der Waals surface area contributed by atoms with Crippen LogP contribution in [-0.2, 0) is 17.9 Å². The molecule has 4 nitrogen and oxygen atoms in total. The van der Waals surface area contributed by atoms with Gasteiger partial charge in [-0.25, -0.2) is 4.79 Å². The lowest BCUT2D eigenvalue weighted by Gasteiger charge is -2.21. The van der Waals surface area contributed by atoms with Gasteiger partial charge in [-0.3, -0.25) is 0 Å². The number of ether oxygens (including phenoxy) is 1. The van der Waals surface area contributed by atoms with Crippen molar-refractivity contribution in [1.82, 2.24) is 4.90 Å². The van der Waals surface area contributed by atoms with E-state index in [2.05, 4.69) is 6.07 Å². The van der Waals surface area contributed by atoms with Crippen LogP contribution in [0.5, 0.6) is 0 Å². The first-order valence-corrected chi connectivity index (χ1v) is 7.67. The lowest BCUT2D eigenvalue weighted by Crippen LogP contribution is -2.31. The van der Waals surface area contributed by atoms with E-state index in [-0.39, 0.29) is 12.7 Å². The molecule has 1 amide bonds. The Balaban J connectivity index is 1.96. The van der Waals surface area contributed by atoms with Crippen molar-refractivity contribution in [3.63, 3.8) is 0 Å². The van der Waals surface area contributed by atoms with Crippen molar-refractivity contribution in [2.45, 2.75) is 26.5 Å². The van der Waals surface area contributed by atoms with Crippen LogP contribution in [-0.4, -0.2) is 17.5 Å². The number of nitrogens with zero attached hydrogens (tertiary/aromatic N) is 2. The van der Waals surface area contributed by atoms with E-state index in [9.17, 15) is 4.79 Å². The second-order valence-corrected chi connectivity index (χ2v) is 5.27. The molecule has 0 fully saturated rings. The van der Waals surface area contributed by atoms with Crippen molar-refractivity contribution >= 4 is 6.09 Å². The number of hydrogen-bond donors (Lipinski definition) is 0. The van der Waals surface area contributed by atoms with Gasteiger partial charge in [-0.1, -0.05) is 49.4 Å². The molecular formula is C19H20N2O2. The summed E-state index contributed by atoms with van der Waals surface area (Å²) in [6.07, 6.45) is 0.538. The summed E-state index contributed by atoms with van der Waals surface area (Å²) in [7, 11) is 0. The van der Waals surface area contributed by atoms with Gasteiger partial charge in [0.05, 0.1) is 11.6 Å². The number of hydrogen-bond acceptors (Lipinski definition) is 3. The van der Waals surface area contributed by atoms with Crippen molar-refractivity contribution in [2.24, 2.45) is 0 Å². The summed E-state index contributed by atoms with van der Waals surface area (Å²) < 4.78 is 5.39. The van der Waals surface area contributed by atoms with E-state index in [0.29, 0.717) is 18.7 Å². The van der Waals surface area contributed by atoms with Crippen molar-refractivity contribution in [3.8, 4) is 6.07 Å². The molecule has 0 unspecified atom stereocenters. The Morgan fingerprint density at radius 3 is 2.39 bits per heavy atom. The van der Waals surface area contributed by atoms with Gasteiger partial charge < -0.3 is 9.64 Å². The maximum Gasteiger partial charge on any atom is 0.410 e. The molecule has 0 aromatic heterocycles. The van der Waals surface area contributed by atoms with Crippen LogP contribution in [0.1, 0.15) is 30.0 Å². The van der Waals surface area contributed by atoms with E-state index >= 15 is 0 Å². The molecule has 118 valence electrons. The summed E-state index contributed by atoms with van der Waals surface area (Å²) in [5, 5.41) is 8.83. The van der Waals surface area contributed by atoms with Crippen LogP contribution >= 0.6 is 0 Å². The summed E-state index contributed by atoms with van der Waals surface area (Å²) in [4.78, 5) is 14.0. The number of carbonyl (C=O) groups excluding carboxylic acids is 1. The maximum absolute atomic E-state index is 12.3. The van der Waals surface area contributed by atoms with Crippen molar-refractivity contribution in [2.75, 3.05) is 6.54 Å². The van der Waals surface area contributed by atoms with E-state index in [4.69, 9.17) is 10.00 Å². The van der Waals surface area contributed by atoms with Crippen LogP contribution in [0.4, 0.5) is 4.79 Å². The molecule has 2 aromatic carbocycles. The molecule has 0 atom stereocenters. The SMILES string of the molecule is CCCN(Cc1ccc(C#N)cc1)C(=O)OCc1ccccc1. The van der Waals surface area contributed by atoms with Gasteiger partial charge in [-0.15, -0.1) is 0 Å². The molecule has 0 saturated heterocycles. The van der Waals surface area contributed by atoms with Gasteiger partial charge in [-0.2, -0.15) is 5.26 Å². The van der Waals surface area contributed by atoms with E-state index < -0.39 is 0 Å². The predicted octanol–water partition coefficient (Wildman–Crippen LogP) is 4.11. The third kappa shape index (κ3) is 5.15. The second kappa shape index (κ2) is 8.60. The fourth-order valence-corrected chi connectivity index (χ4v) is 2.22. The molecule has 4 heteroatoms. The fourth-order valence-electron chi connectivity index (χ4n) is 2.22. The van der Waals surface area contributed by atoms with Crippen LogP contribution in [0.25, 0.3) is 0 Å². The molecule has 2 rings (SSSR count). The Morgan fingerprint density at radius 1 is 1.09 bits per heavy atom. The van der Waals surface area contributed by atoms with Gasteiger partial charge in [0.1, 0.15) is 6.61 Å². The van der Waals surface area contributed by atoms with Gasteiger partial charge >= 0.3 is 6.09 Å². The van der Waals surface area contributed by atoms with Crippen LogP contribution < -0.4 is 0 Å². The topological polar surface area (TPSA) is 53.3 Å². The minimum atomic E-state index is -0.319. The molecule has 23 heavy (non-hydrogen) atoms. The van der Waals surface area contributed by atoms with Gasteiger partial charge in [0.15, 0.2) is 0 Å². The number of rotatable bonds is 6. The number of amides is 1. The van der Waals surface area contributed by atoms with Crippen molar-refractivity contribution < 1.29 is 9.53 Å². The molecule has 0 N–H and O–H groups in total. The Hall–Kier alpha value is -2.80. The minimum absolute atomic E-state index is 0.271. The molecule has 0 aliphatic rings. The standard InChI is InChI=1S/C19H20N2O2/c1-2-12-21(14-17-10-8-16(13-20)9-11-17)19(22)23-15-18-6-4-3-5-7-18/h3-11H,2,12,14-15H2,1H3. The first-order chi connectivity index (χ1) is 11.2. The first-order valence-electron chi connectivity index (χ1n) is 7.67. The quantitative estimate of drug-likeness (QED) is 0.807. The van der Waals surface area contributed by atoms with Gasteiger partial charge in [0.25, 0.3) is 0 Å². The molecule has 0 saturated carbocycles. The fraction of sp³-hybridized carbons (Fsp3) is 0.263. The van der Waals surface area contributed by atoms with Crippen LogP contribution in [0.3, 0.4) is 0 Å². The highest BCUT2D eigenvalue weighted by Gasteiger charge is 2.14. The van der Waals surface area contributed by atoms with Gasteiger partial charge in [0, 0.05) is 13.1 Å². The molecular weight excluding hydrogens is 288 g/mol. The number of carbonyl (C=O) groups is 1. The molecule has 0 aliphatic heterocycles. The summed E-state index contributed by atoms with van der Waals surface area (Å²) >= 11 is 0. The van der Waals surface area contributed by atoms with E-state index in [1.54, 1.807) is 17.0 Å². The number of benzene rings is 2. The average molecular weight is 308 g/mol. The highest BCUT2D eigenvalue weighted by atomic mass is 16.6. The second-order valence-electron chi connectivity index (χ2n) is 5.27. The largest absolute Gasteiger partial charge is 0.445 e. The van der Waals surface area contributed by atoms with Crippen LogP contribution in [0, 0.1) is 11.3 Å². The zero-order chi connectivity index (χ0) is 16.5. The number of nitriles is 1. The Kier molecular flexibility index (Phi) is 6.19. The first kappa shape index (κ1) is 16.6. The Labute approximate surface area is 136 Å². The average Bonchev–Trinajstić information content (AvgIpc) is 2.61. The Bertz CT molecular complexity index is 660. The van der Waals surface area contributed by atoms with E-state index in [1.165, 1.54) is 0 Å². The van der Waals surface area contributed by atoms with Crippen LogP contribution in [0.15, 0.2) is 54.6 Å². The third-order valence-electron chi connectivity index (χ3n) is 3.41. The van der Waals surface area contributed by atoms with Crippen molar-refractivity contribution in [1.29, 1.82) is 5.26 Å². The summed E-state index contributed by atoms with van der Waals surface area (Å²) in [6, 6.07) is 19.0. The minimum Gasteiger partial charge on any atom is -0.445 e. The smallest absolute Gasteiger partial charge is 0.410 e. The molecule has 0 spiro atoms. The highest BCUT2D eigenvalue weighted by molar-refractivity contribution is 5.67. The zero-order valence-electron chi connectivity index (χ0n) is 13.2. The molecule has 2 aromatic rings. The Morgan fingerprint density at radius 2 is 1.78 bits per heavy atom. The highest BCUT2D eigenvalue weighted by Crippen LogP contribution is 2.10. The van der Waals surface area contributed by atoms with Gasteiger partial charge in [0.2, 0.25) is 0 Å². The van der Waals surface area contributed by atoms with Gasteiger partial charge in [-0.05, 0) is 29.7 Å². The van der Waals surface area contributed by atoms with E-state index in [1.807, 2.05) is 49.4 Å². The summed E-state index contributed by atoms with van der Waals surface area (Å²) in [5.41, 5.74) is 2.56. The lowest BCUT2D eigenvalue weighted by molar-refractivity contribution is 0.0936. The predicted molar refractivity (Wildman–Crippen MR) is 88.5 cm³/mol.